The van der Waals surface area contributed by atoms with Crippen molar-refractivity contribution < 1.29 is 22.8 Å². The molecule has 0 spiro atoms. The zero-order chi connectivity index (χ0) is 23.9. The third kappa shape index (κ3) is 3.91. The lowest BCUT2D eigenvalue weighted by atomic mass is 9.97. The number of amides is 2. The van der Waals surface area contributed by atoms with E-state index in [2.05, 4.69) is 10.3 Å². The summed E-state index contributed by atoms with van der Waals surface area (Å²) in [4.78, 5) is 30.7. The van der Waals surface area contributed by atoms with Gasteiger partial charge in [-0.2, -0.15) is 13.2 Å². The number of H-pyrrole nitrogens is 1. The topological polar surface area (TPSA) is 65.2 Å². The maximum Gasteiger partial charge on any atom is 0.416 e. The highest BCUT2D eigenvalue weighted by molar-refractivity contribution is 6.01. The van der Waals surface area contributed by atoms with Gasteiger partial charge in [-0.1, -0.05) is 42.5 Å². The van der Waals surface area contributed by atoms with E-state index in [9.17, 15) is 22.8 Å². The molecule has 1 unspecified atom stereocenters. The van der Waals surface area contributed by atoms with Gasteiger partial charge in [0.25, 0.3) is 5.91 Å². The number of benzene rings is 3. The van der Waals surface area contributed by atoms with Crippen molar-refractivity contribution in [3.63, 3.8) is 0 Å². The van der Waals surface area contributed by atoms with Crippen molar-refractivity contribution in [1.82, 2.24) is 9.88 Å². The van der Waals surface area contributed by atoms with Crippen molar-refractivity contribution in [2.24, 2.45) is 0 Å². The van der Waals surface area contributed by atoms with Crippen molar-refractivity contribution >= 4 is 28.4 Å². The molecule has 5 rings (SSSR count). The molecule has 1 atom stereocenters. The molecule has 0 radical (unpaired) electrons. The Morgan fingerprint density at radius 2 is 1.74 bits per heavy atom. The fourth-order valence-corrected chi connectivity index (χ4v) is 4.48. The van der Waals surface area contributed by atoms with Gasteiger partial charge >= 0.3 is 6.18 Å². The van der Waals surface area contributed by atoms with Crippen molar-refractivity contribution in [1.29, 1.82) is 0 Å². The number of halogens is 3. The summed E-state index contributed by atoms with van der Waals surface area (Å²) in [5.41, 5.74) is 2.52. The van der Waals surface area contributed by atoms with Gasteiger partial charge in [0, 0.05) is 46.9 Å². The Bertz CT molecular complexity index is 1390. The van der Waals surface area contributed by atoms with Crippen LogP contribution in [0.1, 0.15) is 39.5 Å². The summed E-state index contributed by atoms with van der Waals surface area (Å²) >= 11 is 0. The number of carbonyl (C=O) groups is 2. The Balaban J connectivity index is 1.38. The largest absolute Gasteiger partial charge is 0.416 e. The molecule has 2 heterocycles. The van der Waals surface area contributed by atoms with Crippen LogP contribution in [0.15, 0.2) is 79.0 Å². The number of nitrogens with one attached hydrogen (secondary N) is 2. The molecule has 3 aromatic carbocycles. The number of fused-ring (bicyclic) bond motifs is 2. The minimum atomic E-state index is -4.50. The highest BCUT2D eigenvalue weighted by Crippen LogP contribution is 2.41. The van der Waals surface area contributed by atoms with Gasteiger partial charge in [0.1, 0.15) is 0 Å². The summed E-state index contributed by atoms with van der Waals surface area (Å²) in [5.74, 6) is -0.654. The van der Waals surface area contributed by atoms with Crippen LogP contribution in [-0.4, -0.2) is 28.2 Å². The summed E-state index contributed by atoms with van der Waals surface area (Å²) < 4.78 is 38.9. The number of hydrogen-bond acceptors (Lipinski definition) is 2. The van der Waals surface area contributed by atoms with Crippen LogP contribution >= 0.6 is 0 Å². The van der Waals surface area contributed by atoms with E-state index in [0.29, 0.717) is 5.56 Å². The fraction of sp³-hybridized carbons (Fsp3) is 0.154. The van der Waals surface area contributed by atoms with Crippen LogP contribution in [-0.2, 0) is 11.0 Å². The second-order valence-corrected chi connectivity index (χ2v) is 8.15. The van der Waals surface area contributed by atoms with E-state index < -0.39 is 17.6 Å². The highest BCUT2D eigenvalue weighted by Gasteiger charge is 2.38. The molecular weight excluding hydrogens is 443 g/mol. The number of anilines is 1. The minimum absolute atomic E-state index is 0.0593. The molecule has 0 saturated heterocycles. The Labute approximate surface area is 193 Å². The van der Waals surface area contributed by atoms with Gasteiger partial charge in [-0.3, -0.25) is 9.59 Å². The SMILES string of the molecule is O=C(CCN1C(=O)c2ccccc2C1c1c[nH]c2ccccc12)Nc1cccc(C(F)(F)F)c1. The van der Waals surface area contributed by atoms with Crippen LogP contribution in [0.5, 0.6) is 0 Å². The number of aromatic amines is 1. The Hall–Kier alpha value is -4.07. The number of para-hydroxylation sites is 1. The smallest absolute Gasteiger partial charge is 0.361 e. The first-order valence-electron chi connectivity index (χ1n) is 10.8. The Kier molecular flexibility index (Phi) is 5.36. The molecule has 0 fully saturated rings. The molecule has 8 heteroatoms. The normalized spacial score (nSPS) is 15.6. The number of rotatable bonds is 5. The number of hydrogen-bond donors (Lipinski definition) is 2. The molecule has 1 aliphatic heterocycles. The van der Waals surface area contributed by atoms with Gasteiger partial charge in [0.2, 0.25) is 5.91 Å². The highest BCUT2D eigenvalue weighted by atomic mass is 19.4. The number of nitrogens with zero attached hydrogens (tertiary/aromatic N) is 1. The van der Waals surface area contributed by atoms with Crippen LogP contribution < -0.4 is 5.32 Å². The standard InChI is InChI=1S/C26H20F3N3O2/c27-26(28,29)16-6-5-7-17(14-16)31-23(33)12-13-32-24(19-9-1-2-10-20(19)25(32)34)21-15-30-22-11-4-3-8-18(21)22/h1-11,14-15,24,30H,12-13H2,(H,31,33). The first kappa shape index (κ1) is 21.8. The monoisotopic (exact) mass is 463 g/mol. The molecule has 0 aliphatic carbocycles. The Morgan fingerprint density at radius 3 is 2.56 bits per heavy atom. The quantitative estimate of drug-likeness (QED) is 0.395. The van der Waals surface area contributed by atoms with Crippen molar-refractivity contribution in [2.75, 3.05) is 11.9 Å². The van der Waals surface area contributed by atoms with Gasteiger partial charge in [-0.15, -0.1) is 0 Å². The lowest BCUT2D eigenvalue weighted by molar-refractivity contribution is -0.137. The molecule has 0 bridgehead atoms. The first-order chi connectivity index (χ1) is 16.3. The molecule has 5 nitrogen and oxygen atoms in total. The van der Waals surface area contributed by atoms with E-state index in [4.69, 9.17) is 0 Å². The maximum absolute atomic E-state index is 13.2. The maximum atomic E-state index is 13.2. The summed E-state index contributed by atoms with van der Waals surface area (Å²) in [5, 5.41) is 3.49. The molecule has 172 valence electrons. The molecule has 4 aromatic rings. The molecule has 34 heavy (non-hydrogen) atoms. The van der Waals surface area contributed by atoms with Crippen LogP contribution in [0.2, 0.25) is 0 Å². The molecule has 2 amide bonds. The van der Waals surface area contributed by atoms with Gasteiger partial charge in [-0.25, -0.2) is 0 Å². The summed E-state index contributed by atoms with van der Waals surface area (Å²) in [6, 6.07) is 19.2. The van der Waals surface area contributed by atoms with Gasteiger partial charge in [0.05, 0.1) is 11.6 Å². The second kappa shape index (κ2) is 8.37. The van der Waals surface area contributed by atoms with Crippen molar-refractivity contribution in [2.45, 2.75) is 18.6 Å². The summed E-state index contributed by atoms with van der Waals surface area (Å²) in [6.45, 7) is 0.114. The van der Waals surface area contributed by atoms with Crippen LogP contribution in [0, 0.1) is 0 Å². The lowest BCUT2D eigenvalue weighted by Gasteiger charge is -2.25. The van der Waals surface area contributed by atoms with Crippen LogP contribution in [0.4, 0.5) is 18.9 Å². The molecule has 0 saturated carbocycles. The predicted molar refractivity (Wildman–Crippen MR) is 122 cm³/mol. The zero-order valence-electron chi connectivity index (χ0n) is 17.9. The van der Waals surface area contributed by atoms with Gasteiger partial charge in [0.15, 0.2) is 0 Å². The van der Waals surface area contributed by atoms with E-state index in [0.717, 1.165) is 34.2 Å². The third-order valence-corrected chi connectivity index (χ3v) is 6.03. The Morgan fingerprint density at radius 1 is 0.971 bits per heavy atom. The molecule has 2 N–H and O–H groups in total. The summed E-state index contributed by atoms with van der Waals surface area (Å²) in [6.07, 6.45) is -2.68. The number of aromatic nitrogens is 1. The minimum Gasteiger partial charge on any atom is -0.361 e. The average Bonchev–Trinajstić information content (AvgIpc) is 3.36. The van der Waals surface area contributed by atoms with Crippen LogP contribution in [0.25, 0.3) is 10.9 Å². The molecule has 1 aromatic heterocycles. The number of carbonyl (C=O) groups excluding carboxylic acids is 2. The second-order valence-electron chi connectivity index (χ2n) is 8.15. The average molecular weight is 463 g/mol. The first-order valence-corrected chi connectivity index (χ1v) is 10.8. The van der Waals surface area contributed by atoms with E-state index in [1.54, 1.807) is 17.0 Å². The van der Waals surface area contributed by atoms with Crippen LogP contribution in [0.3, 0.4) is 0 Å². The van der Waals surface area contributed by atoms with Gasteiger partial charge < -0.3 is 15.2 Å². The van der Waals surface area contributed by atoms with Gasteiger partial charge in [-0.05, 0) is 35.9 Å². The van der Waals surface area contributed by atoms with Crippen molar-refractivity contribution in [3.8, 4) is 0 Å². The third-order valence-electron chi connectivity index (χ3n) is 6.03. The van der Waals surface area contributed by atoms with E-state index in [1.807, 2.05) is 42.6 Å². The zero-order valence-corrected chi connectivity index (χ0v) is 17.9. The molecular formula is C26H20F3N3O2. The summed E-state index contributed by atoms with van der Waals surface area (Å²) in [7, 11) is 0. The predicted octanol–water partition coefficient (Wildman–Crippen LogP) is 5.76. The van der Waals surface area contributed by atoms with E-state index in [-0.39, 0.29) is 30.6 Å². The molecule has 1 aliphatic rings. The number of alkyl halides is 3. The van der Waals surface area contributed by atoms with Crippen molar-refractivity contribution in [3.05, 3.63) is 101 Å². The van der Waals surface area contributed by atoms with E-state index in [1.165, 1.54) is 12.1 Å². The lowest BCUT2D eigenvalue weighted by Crippen LogP contribution is -2.32. The van der Waals surface area contributed by atoms with E-state index >= 15 is 0 Å². The fourth-order valence-electron chi connectivity index (χ4n) is 4.48.